The van der Waals surface area contributed by atoms with Crippen molar-refractivity contribution in [3.63, 3.8) is 0 Å². The summed E-state index contributed by atoms with van der Waals surface area (Å²) >= 11 is 0. The molecule has 1 N–H and O–H groups in total. The zero-order chi connectivity index (χ0) is 24.4. The van der Waals surface area contributed by atoms with Crippen LogP contribution in [0.3, 0.4) is 0 Å². The van der Waals surface area contributed by atoms with Gasteiger partial charge in [0.15, 0.2) is 0 Å². The lowest BCUT2D eigenvalue weighted by atomic mass is 9.38. The van der Waals surface area contributed by atoms with Gasteiger partial charge in [-0.05, 0) is 123 Å². The van der Waals surface area contributed by atoms with E-state index in [-0.39, 0.29) is 17.1 Å². The van der Waals surface area contributed by atoms with Gasteiger partial charge < -0.3 is 9.84 Å². The van der Waals surface area contributed by atoms with Gasteiger partial charge in [0.2, 0.25) is 0 Å². The second-order valence-electron chi connectivity index (χ2n) is 14.7. The van der Waals surface area contributed by atoms with E-state index in [2.05, 4.69) is 67.5 Å². The fraction of sp³-hybridized carbons (Fsp3) is 0.935. The van der Waals surface area contributed by atoms with E-state index in [0.717, 1.165) is 30.1 Å². The first kappa shape index (κ1) is 25.7. The monoisotopic (exact) mass is 458 g/mol. The van der Waals surface area contributed by atoms with E-state index in [1.807, 2.05) is 0 Å². The minimum absolute atomic E-state index is 0.0642. The molecule has 33 heavy (non-hydrogen) atoms. The molecule has 4 fully saturated rings. The number of fused-ring (bicyclic) bond motifs is 5. The van der Waals surface area contributed by atoms with Crippen LogP contribution >= 0.6 is 0 Å². The molecule has 190 valence electrons. The fourth-order valence-electron chi connectivity index (χ4n) is 10.3. The highest BCUT2D eigenvalue weighted by Gasteiger charge is 2.67. The van der Waals surface area contributed by atoms with Crippen LogP contribution in [-0.2, 0) is 4.74 Å². The Labute approximate surface area is 205 Å². The zero-order valence-corrected chi connectivity index (χ0v) is 23.3. The number of hydrogen-bond acceptors (Lipinski definition) is 2. The van der Waals surface area contributed by atoms with E-state index < -0.39 is 0 Å². The van der Waals surface area contributed by atoms with Crippen molar-refractivity contribution in [2.75, 3.05) is 7.11 Å². The van der Waals surface area contributed by atoms with Gasteiger partial charge in [0, 0.05) is 7.11 Å². The molecular formula is C31H54O2. The highest BCUT2D eigenvalue weighted by molar-refractivity contribution is 5.16. The number of allylic oxidation sites excluding steroid dienone is 1. The normalized spacial score (nSPS) is 48.2. The van der Waals surface area contributed by atoms with Gasteiger partial charge in [-0.15, -0.1) is 0 Å². The van der Waals surface area contributed by atoms with Crippen molar-refractivity contribution in [1.82, 2.24) is 0 Å². The summed E-state index contributed by atoms with van der Waals surface area (Å²) in [5.41, 5.74) is 1.24. The Balaban J connectivity index is 1.55. The van der Waals surface area contributed by atoms with Crippen LogP contribution in [0.2, 0.25) is 0 Å². The summed E-state index contributed by atoms with van der Waals surface area (Å²) in [5.74, 6) is 3.94. The SMILES string of the molecule is COC(C)(C)/C=C/C[C@H](C)[C@@H]1CC[C@]2(C)[C@@H]3CC[C@H]4C(C)(C)[C@@H](O)CC[C@]4(C)[C@H]3CC[C@@]12C. The van der Waals surface area contributed by atoms with Crippen molar-refractivity contribution in [3.8, 4) is 0 Å². The first-order valence-electron chi connectivity index (χ1n) is 14.1. The van der Waals surface area contributed by atoms with Gasteiger partial charge in [-0.2, -0.15) is 0 Å². The van der Waals surface area contributed by atoms with Gasteiger partial charge in [-0.25, -0.2) is 0 Å². The molecule has 0 saturated heterocycles. The summed E-state index contributed by atoms with van der Waals surface area (Å²) < 4.78 is 5.60. The fourth-order valence-corrected chi connectivity index (χ4v) is 10.3. The molecule has 4 aliphatic carbocycles. The van der Waals surface area contributed by atoms with Crippen LogP contribution in [0, 0.1) is 51.2 Å². The quantitative estimate of drug-likeness (QED) is 0.422. The molecule has 0 aromatic rings. The Kier molecular flexibility index (Phi) is 6.52. The number of ether oxygens (including phenoxy) is 1. The van der Waals surface area contributed by atoms with Gasteiger partial charge in [-0.1, -0.05) is 53.7 Å². The average Bonchev–Trinajstić information content (AvgIpc) is 3.02. The van der Waals surface area contributed by atoms with Crippen LogP contribution in [0.15, 0.2) is 12.2 Å². The predicted molar refractivity (Wildman–Crippen MR) is 139 cm³/mol. The van der Waals surface area contributed by atoms with Crippen molar-refractivity contribution >= 4 is 0 Å². The summed E-state index contributed by atoms with van der Waals surface area (Å²) in [7, 11) is 1.80. The third-order valence-corrected chi connectivity index (χ3v) is 12.7. The number of hydrogen-bond donors (Lipinski definition) is 1. The van der Waals surface area contributed by atoms with Gasteiger partial charge in [-0.3, -0.25) is 0 Å². The number of rotatable bonds is 5. The molecule has 4 aliphatic rings. The smallest absolute Gasteiger partial charge is 0.0802 e. The molecule has 2 heteroatoms. The Morgan fingerprint density at radius 3 is 2.24 bits per heavy atom. The molecule has 0 unspecified atom stereocenters. The van der Waals surface area contributed by atoms with E-state index in [0.29, 0.717) is 22.2 Å². The standard InChI is InChI=1S/C31H54O2/c1-21(11-10-17-27(2,3)33-9)22-14-19-31(8)24-12-13-25-28(4,5)26(32)16-18-29(25,6)23(24)15-20-30(22,31)7/h10,17,21-26,32H,11-16,18-20H2,1-9H3/b17-10+/t21-,22-,23-,24+,25-,26-,29+,30-,31+/m0/s1. The minimum atomic E-state index is -0.165. The highest BCUT2D eigenvalue weighted by Crippen LogP contribution is 2.74. The van der Waals surface area contributed by atoms with E-state index in [9.17, 15) is 5.11 Å². The lowest BCUT2D eigenvalue weighted by Crippen LogP contribution is -2.61. The molecule has 0 bridgehead atoms. The Morgan fingerprint density at radius 2 is 1.58 bits per heavy atom. The summed E-state index contributed by atoms with van der Waals surface area (Å²) in [4.78, 5) is 0. The number of aliphatic hydroxyl groups is 1. The minimum Gasteiger partial charge on any atom is -0.393 e. The van der Waals surface area contributed by atoms with Crippen LogP contribution in [-0.4, -0.2) is 23.9 Å². The number of aliphatic hydroxyl groups excluding tert-OH is 1. The van der Waals surface area contributed by atoms with Gasteiger partial charge in [0.1, 0.15) is 0 Å². The first-order valence-corrected chi connectivity index (χ1v) is 14.1. The molecule has 4 saturated carbocycles. The molecule has 9 atom stereocenters. The Morgan fingerprint density at radius 1 is 0.909 bits per heavy atom. The zero-order valence-electron chi connectivity index (χ0n) is 23.3. The summed E-state index contributed by atoms with van der Waals surface area (Å²) in [6.07, 6.45) is 16.3. The molecule has 0 aromatic heterocycles. The second-order valence-corrected chi connectivity index (χ2v) is 14.7. The summed E-state index contributed by atoms with van der Waals surface area (Å²) in [6, 6.07) is 0. The largest absolute Gasteiger partial charge is 0.393 e. The van der Waals surface area contributed by atoms with Gasteiger partial charge in [0.05, 0.1) is 11.7 Å². The third kappa shape index (κ3) is 3.80. The average molecular weight is 459 g/mol. The maximum Gasteiger partial charge on any atom is 0.0802 e. The number of methoxy groups -OCH3 is 1. The van der Waals surface area contributed by atoms with Gasteiger partial charge >= 0.3 is 0 Å². The second kappa shape index (κ2) is 8.36. The van der Waals surface area contributed by atoms with Crippen LogP contribution < -0.4 is 0 Å². The van der Waals surface area contributed by atoms with Crippen LogP contribution in [0.4, 0.5) is 0 Å². The topological polar surface area (TPSA) is 29.5 Å². The highest BCUT2D eigenvalue weighted by atomic mass is 16.5. The summed E-state index contributed by atoms with van der Waals surface area (Å²) in [5, 5.41) is 10.8. The molecule has 0 spiro atoms. The molecule has 0 heterocycles. The molecule has 4 rings (SSSR count). The lowest BCUT2D eigenvalue weighted by molar-refractivity contribution is -0.200. The van der Waals surface area contributed by atoms with Gasteiger partial charge in [0.25, 0.3) is 0 Å². The Hall–Kier alpha value is -0.340. The summed E-state index contributed by atoms with van der Waals surface area (Å²) in [6.45, 7) is 19.5. The van der Waals surface area contributed by atoms with Crippen molar-refractivity contribution in [2.45, 2.75) is 125 Å². The maximum atomic E-state index is 10.8. The maximum absolute atomic E-state index is 10.8. The molecule has 0 radical (unpaired) electrons. The lowest BCUT2D eigenvalue weighted by Gasteiger charge is -2.67. The van der Waals surface area contributed by atoms with E-state index >= 15 is 0 Å². The molecular weight excluding hydrogens is 404 g/mol. The van der Waals surface area contributed by atoms with Crippen LogP contribution in [0.5, 0.6) is 0 Å². The predicted octanol–water partition coefficient (Wildman–Crippen LogP) is 8.04. The molecule has 0 aromatic carbocycles. The van der Waals surface area contributed by atoms with Crippen molar-refractivity contribution in [3.05, 3.63) is 12.2 Å². The van der Waals surface area contributed by atoms with E-state index in [1.54, 1.807) is 7.11 Å². The van der Waals surface area contributed by atoms with Crippen LogP contribution in [0.1, 0.15) is 113 Å². The molecule has 0 amide bonds. The molecule has 2 nitrogen and oxygen atoms in total. The third-order valence-electron chi connectivity index (χ3n) is 12.7. The first-order chi connectivity index (χ1) is 15.2. The van der Waals surface area contributed by atoms with Crippen molar-refractivity contribution in [2.24, 2.45) is 51.2 Å². The van der Waals surface area contributed by atoms with Crippen LogP contribution in [0.25, 0.3) is 0 Å². The Bertz CT molecular complexity index is 752. The van der Waals surface area contributed by atoms with Crippen molar-refractivity contribution in [1.29, 1.82) is 0 Å². The van der Waals surface area contributed by atoms with E-state index in [1.165, 1.54) is 51.4 Å². The van der Waals surface area contributed by atoms with E-state index in [4.69, 9.17) is 4.74 Å². The molecule has 0 aliphatic heterocycles. The van der Waals surface area contributed by atoms with Crippen molar-refractivity contribution < 1.29 is 9.84 Å².